The van der Waals surface area contributed by atoms with Crippen molar-refractivity contribution in [2.24, 2.45) is 0 Å². The van der Waals surface area contributed by atoms with E-state index >= 15 is 0 Å². The Bertz CT molecular complexity index is 587. The molecule has 0 saturated carbocycles. The standard InChI is InChI=1S/C19H23ClO/c1-4-19(2,3)16-10-8-15(9-11-16)18(21)13-14-6-5-7-17(20)12-14/h5-12,18,21H,4,13H2,1-3H3. The van der Waals surface area contributed by atoms with Crippen molar-refractivity contribution in [2.45, 2.75) is 45.1 Å². The van der Waals surface area contributed by atoms with Gasteiger partial charge in [-0.15, -0.1) is 0 Å². The van der Waals surface area contributed by atoms with E-state index in [9.17, 15) is 5.11 Å². The molecule has 0 aliphatic heterocycles. The minimum atomic E-state index is -0.498. The van der Waals surface area contributed by atoms with E-state index in [0.29, 0.717) is 11.4 Å². The van der Waals surface area contributed by atoms with E-state index in [2.05, 4.69) is 32.9 Å². The van der Waals surface area contributed by atoms with E-state index in [-0.39, 0.29) is 5.41 Å². The van der Waals surface area contributed by atoms with Crippen LogP contribution in [0.3, 0.4) is 0 Å². The van der Waals surface area contributed by atoms with E-state index in [1.807, 2.05) is 36.4 Å². The average Bonchev–Trinajstić information content (AvgIpc) is 2.47. The normalized spacial score (nSPS) is 13.2. The highest BCUT2D eigenvalue weighted by Gasteiger charge is 2.18. The quantitative estimate of drug-likeness (QED) is 0.794. The molecule has 0 spiro atoms. The summed E-state index contributed by atoms with van der Waals surface area (Å²) in [6, 6.07) is 16.0. The molecule has 1 atom stereocenters. The van der Waals surface area contributed by atoms with E-state index in [1.54, 1.807) is 0 Å². The monoisotopic (exact) mass is 302 g/mol. The molecule has 1 N–H and O–H groups in total. The first-order valence-electron chi connectivity index (χ1n) is 7.45. The molecule has 0 aliphatic carbocycles. The summed E-state index contributed by atoms with van der Waals surface area (Å²) in [6.07, 6.45) is 1.18. The van der Waals surface area contributed by atoms with Crippen LogP contribution >= 0.6 is 11.6 Å². The largest absolute Gasteiger partial charge is 0.388 e. The number of halogens is 1. The second-order valence-corrected chi connectivity index (χ2v) is 6.65. The van der Waals surface area contributed by atoms with Crippen molar-refractivity contribution in [1.82, 2.24) is 0 Å². The van der Waals surface area contributed by atoms with Gasteiger partial charge in [0.25, 0.3) is 0 Å². The lowest BCUT2D eigenvalue weighted by Gasteiger charge is -2.24. The highest BCUT2D eigenvalue weighted by atomic mass is 35.5. The van der Waals surface area contributed by atoms with Gasteiger partial charge >= 0.3 is 0 Å². The van der Waals surface area contributed by atoms with E-state index in [1.165, 1.54) is 5.56 Å². The maximum atomic E-state index is 10.4. The van der Waals surface area contributed by atoms with Crippen molar-refractivity contribution in [3.63, 3.8) is 0 Å². The average molecular weight is 303 g/mol. The third kappa shape index (κ3) is 4.09. The minimum Gasteiger partial charge on any atom is -0.388 e. The Balaban J connectivity index is 2.11. The van der Waals surface area contributed by atoms with Crippen molar-refractivity contribution in [3.05, 3.63) is 70.2 Å². The summed E-state index contributed by atoms with van der Waals surface area (Å²) < 4.78 is 0. The van der Waals surface area contributed by atoms with Crippen LogP contribution in [0.2, 0.25) is 5.02 Å². The highest BCUT2D eigenvalue weighted by molar-refractivity contribution is 6.30. The highest BCUT2D eigenvalue weighted by Crippen LogP contribution is 2.28. The summed E-state index contributed by atoms with van der Waals surface area (Å²) in [7, 11) is 0. The fourth-order valence-corrected chi connectivity index (χ4v) is 2.58. The smallest absolute Gasteiger partial charge is 0.0830 e. The fraction of sp³-hybridized carbons (Fsp3) is 0.368. The fourth-order valence-electron chi connectivity index (χ4n) is 2.37. The minimum absolute atomic E-state index is 0.177. The predicted octanol–water partition coefficient (Wildman–Crippen LogP) is 5.30. The molecule has 1 nitrogen and oxygen atoms in total. The molecule has 0 heterocycles. The Morgan fingerprint density at radius 1 is 1.10 bits per heavy atom. The molecule has 0 radical (unpaired) electrons. The van der Waals surface area contributed by atoms with Gasteiger partial charge < -0.3 is 5.11 Å². The molecule has 0 saturated heterocycles. The van der Waals surface area contributed by atoms with Crippen LogP contribution < -0.4 is 0 Å². The van der Waals surface area contributed by atoms with Gasteiger partial charge in [-0.2, -0.15) is 0 Å². The van der Waals surface area contributed by atoms with Crippen molar-refractivity contribution in [3.8, 4) is 0 Å². The molecule has 0 fully saturated rings. The number of benzene rings is 2. The van der Waals surface area contributed by atoms with Gasteiger partial charge in [-0.1, -0.05) is 68.8 Å². The van der Waals surface area contributed by atoms with Crippen LogP contribution in [0.15, 0.2) is 48.5 Å². The van der Waals surface area contributed by atoms with Gasteiger partial charge in [0.1, 0.15) is 0 Å². The third-order valence-electron chi connectivity index (χ3n) is 4.28. The van der Waals surface area contributed by atoms with Crippen molar-refractivity contribution >= 4 is 11.6 Å². The summed E-state index contributed by atoms with van der Waals surface area (Å²) in [6.45, 7) is 6.68. The van der Waals surface area contributed by atoms with Crippen molar-refractivity contribution < 1.29 is 5.11 Å². The number of hydrogen-bond acceptors (Lipinski definition) is 1. The molecule has 21 heavy (non-hydrogen) atoms. The summed E-state index contributed by atoms with van der Waals surface area (Å²) in [5.41, 5.74) is 3.48. The van der Waals surface area contributed by atoms with Crippen LogP contribution in [-0.4, -0.2) is 5.11 Å². The van der Waals surface area contributed by atoms with Crippen LogP contribution in [0, 0.1) is 0 Å². The Kier molecular flexibility index (Phi) is 5.08. The summed E-state index contributed by atoms with van der Waals surface area (Å²) in [5, 5.41) is 11.1. The first kappa shape index (κ1) is 16.1. The topological polar surface area (TPSA) is 20.2 Å². The lowest BCUT2D eigenvalue weighted by atomic mass is 9.82. The number of rotatable bonds is 5. The second kappa shape index (κ2) is 6.64. The number of hydrogen-bond donors (Lipinski definition) is 1. The Morgan fingerprint density at radius 3 is 2.33 bits per heavy atom. The SMILES string of the molecule is CCC(C)(C)c1ccc(C(O)Cc2cccc(Cl)c2)cc1. The molecule has 112 valence electrons. The van der Waals surface area contributed by atoms with Gasteiger partial charge in [0.2, 0.25) is 0 Å². The van der Waals surface area contributed by atoms with E-state index < -0.39 is 6.10 Å². The van der Waals surface area contributed by atoms with Gasteiger partial charge in [0, 0.05) is 11.4 Å². The van der Waals surface area contributed by atoms with Crippen LogP contribution in [0.5, 0.6) is 0 Å². The molecule has 2 aromatic rings. The predicted molar refractivity (Wildman–Crippen MR) is 89.9 cm³/mol. The van der Waals surface area contributed by atoms with Crippen LogP contribution in [0.4, 0.5) is 0 Å². The summed E-state index contributed by atoms with van der Waals surface area (Å²) in [4.78, 5) is 0. The van der Waals surface area contributed by atoms with E-state index in [4.69, 9.17) is 11.6 Å². The zero-order chi connectivity index (χ0) is 15.5. The molecular weight excluding hydrogens is 280 g/mol. The first-order valence-corrected chi connectivity index (χ1v) is 7.83. The van der Waals surface area contributed by atoms with Gasteiger partial charge in [-0.25, -0.2) is 0 Å². The van der Waals surface area contributed by atoms with E-state index in [0.717, 1.165) is 17.5 Å². The maximum absolute atomic E-state index is 10.4. The number of aliphatic hydroxyl groups is 1. The van der Waals surface area contributed by atoms with Crippen LogP contribution in [-0.2, 0) is 11.8 Å². The van der Waals surface area contributed by atoms with Gasteiger partial charge in [-0.05, 0) is 40.7 Å². The zero-order valence-electron chi connectivity index (χ0n) is 12.9. The van der Waals surface area contributed by atoms with Gasteiger partial charge in [0.05, 0.1) is 6.10 Å². The molecule has 1 unspecified atom stereocenters. The van der Waals surface area contributed by atoms with Crippen LogP contribution in [0.1, 0.15) is 50.0 Å². The molecule has 0 aliphatic rings. The lowest BCUT2D eigenvalue weighted by molar-refractivity contribution is 0.178. The lowest BCUT2D eigenvalue weighted by Crippen LogP contribution is -2.15. The summed E-state index contributed by atoms with van der Waals surface area (Å²) >= 11 is 5.98. The molecule has 2 aromatic carbocycles. The van der Waals surface area contributed by atoms with Crippen molar-refractivity contribution in [1.29, 1.82) is 0 Å². The first-order chi connectivity index (χ1) is 9.92. The third-order valence-corrected chi connectivity index (χ3v) is 4.51. The molecule has 0 bridgehead atoms. The van der Waals surface area contributed by atoms with Crippen LogP contribution in [0.25, 0.3) is 0 Å². The van der Waals surface area contributed by atoms with Gasteiger partial charge in [0.15, 0.2) is 0 Å². The Morgan fingerprint density at radius 2 is 1.76 bits per heavy atom. The molecule has 2 rings (SSSR count). The summed E-state index contributed by atoms with van der Waals surface area (Å²) in [5.74, 6) is 0. The Hall–Kier alpha value is -1.31. The molecule has 2 heteroatoms. The second-order valence-electron chi connectivity index (χ2n) is 6.21. The molecule has 0 amide bonds. The van der Waals surface area contributed by atoms with Gasteiger partial charge in [-0.3, -0.25) is 0 Å². The molecular formula is C19H23ClO. The zero-order valence-corrected chi connectivity index (χ0v) is 13.7. The maximum Gasteiger partial charge on any atom is 0.0830 e. The Labute approximate surface area is 132 Å². The van der Waals surface area contributed by atoms with Crippen molar-refractivity contribution in [2.75, 3.05) is 0 Å². The molecule has 0 aromatic heterocycles. The number of aliphatic hydroxyl groups excluding tert-OH is 1.